The molecule has 4 rings (SSSR count). The highest BCUT2D eigenvalue weighted by Crippen LogP contribution is 2.53. The van der Waals surface area contributed by atoms with Gasteiger partial charge in [-0.05, 0) is 31.1 Å². The predicted octanol–water partition coefficient (Wildman–Crippen LogP) is 3.66. The third-order valence-electron chi connectivity index (χ3n) is 6.56. The predicted molar refractivity (Wildman–Crippen MR) is 87.8 cm³/mol. The van der Waals surface area contributed by atoms with Crippen molar-refractivity contribution >= 4 is 0 Å². The minimum absolute atomic E-state index is 0.477. The summed E-state index contributed by atoms with van der Waals surface area (Å²) in [6, 6.07) is 0.834. The van der Waals surface area contributed by atoms with Crippen LogP contribution in [0.5, 0.6) is 0 Å². The van der Waals surface area contributed by atoms with E-state index in [1.165, 1.54) is 70.9 Å². The first-order valence-corrected chi connectivity index (χ1v) is 9.46. The normalized spacial score (nSPS) is 29.6. The third kappa shape index (κ3) is 2.49. The summed E-state index contributed by atoms with van der Waals surface area (Å²) in [7, 11) is 0. The number of aryl methyl sites for hydroxylation is 1. The number of aromatic nitrogens is 3. The van der Waals surface area contributed by atoms with Gasteiger partial charge in [0.15, 0.2) is 5.82 Å². The van der Waals surface area contributed by atoms with Gasteiger partial charge in [0, 0.05) is 31.5 Å². The lowest BCUT2D eigenvalue weighted by molar-refractivity contribution is 0.166. The van der Waals surface area contributed by atoms with Crippen LogP contribution in [0.3, 0.4) is 0 Å². The number of hydrogen-bond donors (Lipinski definition) is 1. The summed E-state index contributed by atoms with van der Waals surface area (Å²) < 4.78 is 0. The van der Waals surface area contributed by atoms with Crippen LogP contribution < -0.4 is 0 Å². The molecule has 3 aliphatic rings. The maximum atomic E-state index is 4.82. The molecular formula is C18H30N4. The molecule has 22 heavy (non-hydrogen) atoms. The molecule has 0 amide bonds. The summed E-state index contributed by atoms with van der Waals surface area (Å²) >= 11 is 0. The van der Waals surface area contributed by atoms with E-state index < -0.39 is 0 Å². The molecule has 1 spiro atoms. The van der Waals surface area contributed by atoms with Gasteiger partial charge in [-0.3, -0.25) is 10.00 Å². The van der Waals surface area contributed by atoms with E-state index in [1.54, 1.807) is 0 Å². The molecule has 0 bridgehead atoms. The number of hydrogen-bond acceptors (Lipinski definition) is 3. The second kappa shape index (κ2) is 5.95. The third-order valence-corrected chi connectivity index (χ3v) is 6.56. The van der Waals surface area contributed by atoms with E-state index in [0.717, 1.165) is 24.1 Å². The Hall–Kier alpha value is -0.900. The van der Waals surface area contributed by atoms with E-state index in [9.17, 15) is 0 Å². The van der Waals surface area contributed by atoms with Crippen molar-refractivity contribution in [1.82, 2.24) is 20.1 Å². The van der Waals surface area contributed by atoms with Crippen LogP contribution in [0.4, 0.5) is 0 Å². The first-order chi connectivity index (χ1) is 10.8. The monoisotopic (exact) mass is 302 g/mol. The van der Waals surface area contributed by atoms with Crippen LogP contribution in [0, 0.1) is 5.41 Å². The van der Waals surface area contributed by atoms with Crippen LogP contribution in [-0.2, 0) is 6.42 Å². The second-order valence-electron chi connectivity index (χ2n) is 7.84. The van der Waals surface area contributed by atoms with Crippen LogP contribution in [0.25, 0.3) is 0 Å². The largest absolute Gasteiger partial charge is 0.299 e. The van der Waals surface area contributed by atoms with Crippen molar-refractivity contribution in [3.8, 4) is 0 Å². The molecule has 3 fully saturated rings. The zero-order valence-corrected chi connectivity index (χ0v) is 14.0. The van der Waals surface area contributed by atoms with Gasteiger partial charge in [0.2, 0.25) is 0 Å². The van der Waals surface area contributed by atoms with Crippen LogP contribution >= 0.6 is 0 Å². The molecule has 4 nitrogen and oxygen atoms in total. The summed E-state index contributed by atoms with van der Waals surface area (Å²) in [5.41, 5.74) is 0.477. The van der Waals surface area contributed by atoms with Crippen LogP contribution in [0.2, 0.25) is 0 Å². The van der Waals surface area contributed by atoms with Gasteiger partial charge >= 0.3 is 0 Å². The molecule has 1 aromatic rings. The molecule has 4 heteroatoms. The molecule has 1 saturated heterocycles. The van der Waals surface area contributed by atoms with Crippen molar-refractivity contribution in [2.75, 3.05) is 13.1 Å². The maximum Gasteiger partial charge on any atom is 0.155 e. The highest BCUT2D eigenvalue weighted by atomic mass is 15.3. The minimum atomic E-state index is 0.477. The van der Waals surface area contributed by atoms with Gasteiger partial charge in [0.1, 0.15) is 5.82 Å². The number of nitrogens with one attached hydrogen (secondary N) is 1. The molecule has 2 heterocycles. The first kappa shape index (κ1) is 14.7. The van der Waals surface area contributed by atoms with Crippen LogP contribution in [0.1, 0.15) is 82.3 Å². The smallest absolute Gasteiger partial charge is 0.155 e. The SMILES string of the molecule is CCc1nc(C2CN(C3CCCCC3)CC23CCCC3)n[nH]1. The van der Waals surface area contributed by atoms with Gasteiger partial charge < -0.3 is 0 Å². The van der Waals surface area contributed by atoms with Gasteiger partial charge in [-0.2, -0.15) is 5.10 Å². The summed E-state index contributed by atoms with van der Waals surface area (Å²) in [4.78, 5) is 7.63. The van der Waals surface area contributed by atoms with Crippen molar-refractivity contribution in [3.05, 3.63) is 11.6 Å². The molecule has 1 aliphatic heterocycles. The lowest BCUT2D eigenvalue weighted by Gasteiger charge is -2.32. The lowest BCUT2D eigenvalue weighted by atomic mass is 9.76. The molecule has 2 saturated carbocycles. The van der Waals surface area contributed by atoms with E-state index in [1.807, 2.05) is 0 Å². The van der Waals surface area contributed by atoms with Gasteiger partial charge in [-0.15, -0.1) is 0 Å². The molecule has 1 N–H and O–H groups in total. The molecule has 2 aliphatic carbocycles. The van der Waals surface area contributed by atoms with Gasteiger partial charge in [-0.1, -0.05) is 39.0 Å². The number of likely N-dealkylation sites (tertiary alicyclic amines) is 1. The van der Waals surface area contributed by atoms with Gasteiger partial charge in [0.05, 0.1) is 0 Å². The Bertz CT molecular complexity index is 497. The first-order valence-electron chi connectivity index (χ1n) is 9.46. The molecule has 1 unspecified atom stereocenters. The van der Waals surface area contributed by atoms with Crippen molar-refractivity contribution < 1.29 is 0 Å². The topological polar surface area (TPSA) is 44.8 Å². The lowest BCUT2D eigenvalue weighted by Crippen LogP contribution is -2.36. The van der Waals surface area contributed by atoms with Crippen LogP contribution in [0.15, 0.2) is 0 Å². The fourth-order valence-electron chi connectivity index (χ4n) is 5.30. The maximum absolute atomic E-state index is 4.82. The van der Waals surface area contributed by atoms with Gasteiger partial charge in [-0.25, -0.2) is 4.98 Å². The number of H-pyrrole nitrogens is 1. The van der Waals surface area contributed by atoms with E-state index in [0.29, 0.717) is 11.3 Å². The second-order valence-corrected chi connectivity index (χ2v) is 7.84. The fourth-order valence-corrected chi connectivity index (χ4v) is 5.30. The average molecular weight is 302 g/mol. The van der Waals surface area contributed by atoms with E-state index in [2.05, 4.69) is 22.0 Å². The summed E-state index contributed by atoms with van der Waals surface area (Å²) in [6.07, 6.45) is 13.7. The number of aromatic amines is 1. The molecule has 1 atom stereocenters. The Balaban J connectivity index is 1.57. The molecule has 1 aromatic heterocycles. The quantitative estimate of drug-likeness (QED) is 0.926. The Kier molecular flexibility index (Phi) is 3.97. The van der Waals surface area contributed by atoms with Crippen molar-refractivity contribution in [1.29, 1.82) is 0 Å². The van der Waals surface area contributed by atoms with Crippen molar-refractivity contribution in [2.45, 2.75) is 83.1 Å². The summed E-state index contributed by atoms with van der Waals surface area (Å²) in [6.45, 7) is 4.66. The molecular weight excluding hydrogens is 272 g/mol. The van der Waals surface area contributed by atoms with Crippen LogP contribution in [-0.4, -0.2) is 39.2 Å². The zero-order chi connectivity index (χ0) is 15.0. The fraction of sp³-hybridized carbons (Fsp3) is 0.889. The standard InChI is InChI=1S/C18H30N4/c1-2-16-19-17(21-20-16)15-12-22(14-8-4-3-5-9-14)13-18(15)10-6-7-11-18/h14-15H,2-13H2,1H3,(H,19,20,21). The number of nitrogens with zero attached hydrogens (tertiary/aromatic N) is 3. The molecule has 0 radical (unpaired) electrons. The summed E-state index contributed by atoms with van der Waals surface area (Å²) in [5, 5.41) is 7.76. The highest BCUT2D eigenvalue weighted by molar-refractivity contribution is 5.14. The summed E-state index contributed by atoms with van der Waals surface area (Å²) in [5.74, 6) is 2.73. The molecule has 0 aromatic carbocycles. The number of rotatable bonds is 3. The highest BCUT2D eigenvalue weighted by Gasteiger charge is 2.51. The van der Waals surface area contributed by atoms with Crippen molar-refractivity contribution in [3.63, 3.8) is 0 Å². The van der Waals surface area contributed by atoms with E-state index in [4.69, 9.17) is 4.98 Å². The Morgan fingerprint density at radius 3 is 2.59 bits per heavy atom. The molecule has 122 valence electrons. The Morgan fingerprint density at radius 2 is 1.91 bits per heavy atom. The minimum Gasteiger partial charge on any atom is -0.299 e. The zero-order valence-electron chi connectivity index (χ0n) is 14.0. The van der Waals surface area contributed by atoms with Gasteiger partial charge in [0.25, 0.3) is 0 Å². The average Bonchev–Trinajstić information content (AvgIpc) is 3.29. The van der Waals surface area contributed by atoms with Crippen molar-refractivity contribution in [2.24, 2.45) is 5.41 Å². The Labute approximate surface area is 134 Å². The Morgan fingerprint density at radius 1 is 1.14 bits per heavy atom. The van der Waals surface area contributed by atoms with E-state index in [-0.39, 0.29) is 0 Å². The van der Waals surface area contributed by atoms with E-state index >= 15 is 0 Å².